The van der Waals surface area contributed by atoms with Gasteiger partial charge in [-0.05, 0) is 30.7 Å². The first-order valence-electron chi connectivity index (χ1n) is 6.09. The van der Waals surface area contributed by atoms with Crippen molar-refractivity contribution in [1.82, 2.24) is 9.78 Å². The third-order valence-electron chi connectivity index (χ3n) is 2.95. The molecule has 2 rings (SSSR count). The standard InChI is InChI=1S/C14H15BrN4/c1-3-12-7-13(19(2)18-12)9-17-14-5-4-11(15)6-10(14)8-16/h4-7,17H,3,9H2,1-2H3. The van der Waals surface area contributed by atoms with Gasteiger partial charge in [0.25, 0.3) is 0 Å². The number of anilines is 1. The zero-order valence-electron chi connectivity index (χ0n) is 10.9. The summed E-state index contributed by atoms with van der Waals surface area (Å²) >= 11 is 3.36. The van der Waals surface area contributed by atoms with Crippen LogP contribution in [0.5, 0.6) is 0 Å². The van der Waals surface area contributed by atoms with Crippen molar-refractivity contribution >= 4 is 21.6 Å². The van der Waals surface area contributed by atoms with Gasteiger partial charge >= 0.3 is 0 Å². The second-order valence-corrected chi connectivity index (χ2v) is 5.18. The van der Waals surface area contributed by atoms with E-state index in [0.29, 0.717) is 12.1 Å². The molecule has 0 bridgehead atoms. The third-order valence-corrected chi connectivity index (χ3v) is 3.44. The molecule has 1 aromatic carbocycles. The van der Waals surface area contributed by atoms with E-state index in [2.05, 4.69) is 45.4 Å². The van der Waals surface area contributed by atoms with Crippen molar-refractivity contribution in [2.75, 3.05) is 5.32 Å². The Morgan fingerprint density at radius 1 is 1.42 bits per heavy atom. The van der Waals surface area contributed by atoms with Crippen LogP contribution in [0.4, 0.5) is 5.69 Å². The van der Waals surface area contributed by atoms with E-state index in [4.69, 9.17) is 5.26 Å². The number of halogens is 1. The van der Waals surface area contributed by atoms with E-state index in [-0.39, 0.29) is 0 Å². The van der Waals surface area contributed by atoms with Crippen molar-refractivity contribution in [3.63, 3.8) is 0 Å². The van der Waals surface area contributed by atoms with Crippen LogP contribution < -0.4 is 5.32 Å². The lowest BCUT2D eigenvalue weighted by Gasteiger charge is -2.08. The van der Waals surface area contributed by atoms with Crippen LogP contribution in [0.3, 0.4) is 0 Å². The lowest BCUT2D eigenvalue weighted by Crippen LogP contribution is -2.06. The molecule has 1 N–H and O–H groups in total. The minimum Gasteiger partial charge on any atom is -0.378 e. The van der Waals surface area contributed by atoms with E-state index in [9.17, 15) is 0 Å². The Kier molecular flexibility index (Phi) is 4.23. The Morgan fingerprint density at radius 2 is 2.21 bits per heavy atom. The maximum Gasteiger partial charge on any atom is 0.101 e. The highest BCUT2D eigenvalue weighted by atomic mass is 79.9. The lowest BCUT2D eigenvalue weighted by molar-refractivity contribution is 0.707. The molecule has 0 radical (unpaired) electrons. The van der Waals surface area contributed by atoms with Crippen molar-refractivity contribution in [1.29, 1.82) is 5.26 Å². The molecule has 4 nitrogen and oxygen atoms in total. The summed E-state index contributed by atoms with van der Waals surface area (Å²) in [7, 11) is 1.93. The second-order valence-electron chi connectivity index (χ2n) is 4.26. The SMILES string of the molecule is CCc1cc(CNc2ccc(Br)cc2C#N)n(C)n1. The quantitative estimate of drug-likeness (QED) is 0.941. The van der Waals surface area contributed by atoms with Crippen LogP contribution in [0, 0.1) is 11.3 Å². The fourth-order valence-electron chi connectivity index (χ4n) is 1.86. The Morgan fingerprint density at radius 3 is 2.84 bits per heavy atom. The average molecular weight is 319 g/mol. The molecule has 98 valence electrons. The number of nitrogens with one attached hydrogen (secondary N) is 1. The first-order valence-corrected chi connectivity index (χ1v) is 6.88. The topological polar surface area (TPSA) is 53.6 Å². The average Bonchev–Trinajstić information content (AvgIpc) is 2.78. The van der Waals surface area contributed by atoms with Crippen LogP contribution in [-0.4, -0.2) is 9.78 Å². The van der Waals surface area contributed by atoms with Gasteiger partial charge in [0, 0.05) is 11.5 Å². The molecule has 0 amide bonds. The van der Waals surface area contributed by atoms with E-state index in [1.54, 1.807) is 0 Å². The van der Waals surface area contributed by atoms with Gasteiger partial charge in [-0.3, -0.25) is 4.68 Å². The largest absolute Gasteiger partial charge is 0.378 e. The Balaban J connectivity index is 2.14. The monoisotopic (exact) mass is 318 g/mol. The number of nitrogens with zero attached hydrogens (tertiary/aromatic N) is 3. The molecule has 0 aliphatic carbocycles. The maximum atomic E-state index is 9.11. The van der Waals surface area contributed by atoms with E-state index in [1.165, 1.54) is 0 Å². The highest BCUT2D eigenvalue weighted by Crippen LogP contribution is 2.21. The molecule has 5 heteroatoms. The van der Waals surface area contributed by atoms with Gasteiger partial charge in [0.05, 0.1) is 29.2 Å². The predicted octanol–water partition coefficient (Wildman–Crippen LogP) is 3.23. The highest BCUT2D eigenvalue weighted by Gasteiger charge is 2.06. The molecule has 0 unspecified atom stereocenters. The summed E-state index contributed by atoms with van der Waals surface area (Å²) in [5.74, 6) is 0. The summed E-state index contributed by atoms with van der Waals surface area (Å²) < 4.78 is 2.78. The predicted molar refractivity (Wildman–Crippen MR) is 78.8 cm³/mol. The molecule has 0 atom stereocenters. The van der Waals surface area contributed by atoms with Gasteiger partial charge in [0.15, 0.2) is 0 Å². The maximum absolute atomic E-state index is 9.11. The van der Waals surface area contributed by atoms with Crippen molar-refractivity contribution < 1.29 is 0 Å². The number of nitriles is 1. The summed E-state index contributed by atoms with van der Waals surface area (Å²) in [6, 6.07) is 9.90. The Bertz CT molecular complexity index is 625. The minimum absolute atomic E-state index is 0.632. The number of rotatable bonds is 4. The molecule has 0 fully saturated rings. The van der Waals surface area contributed by atoms with Crippen LogP contribution in [-0.2, 0) is 20.0 Å². The van der Waals surface area contributed by atoms with Crippen molar-refractivity contribution in [2.45, 2.75) is 19.9 Å². The molecule has 0 saturated heterocycles. The summed E-state index contributed by atoms with van der Waals surface area (Å²) in [4.78, 5) is 0. The number of benzene rings is 1. The van der Waals surface area contributed by atoms with E-state index < -0.39 is 0 Å². The summed E-state index contributed by atoms with van der Waals surface area (Å²) in [5, 5.41) is 16.8. The van der Waals surface area contributed by atoms with Crippen LogP contribution in [0.2, 0.25) is 0 Å². The highest BCUT2D eigenvalue weighted by molar-refractivity contribution is 9.10. The zero-order chi connectivity index (χ0) is 13.8. The van der Waals surface area contributed by atoms with Gasteiger partial charge in [0.1, 0.15) is 6.07 Å². The number of aryl methyl sites for hydroxylation is 2. The van der Waals surface area contributed by atoms with E-state index in [0.717, 1.165) is 28.0 Å². The van der Waals surface area contributed by atoms with E-state index >= 15 is 0 Å². The first kappa shape index (κ1) is 13.6. The molecule has 2 aromatic rings. The number of hydrogen-bond acceptors (Lipinski definition) is 3. The van der Waals surface area contributed by atoms with Gasteiger partial charge in [-0.15, -0.1) is 0 Å². The lowest BCUT2D eigenvalue weighted by atomic mass is 10.2. The molecular weight excluding hydrogens is 304 g/mol. The van der Waals surface area contributed by atoms with Crippen molar-refractivity contribution in [3.05, 3.63) is 45.7 Å². The van der Waals surface area contributed by atoms with Crippen LogP contribution in [0.25, 0.3) is 0 Å². The molecule has 0 spiro atoms. The molecule has 0 saturated carbocycles. The van der Waals surface area contributed by atoms with E-state index in [1.807, 2.05) is 29.9 Å². The Labute approximate surface area is 121 Å². The van der Waals surface area contributed by atoms with Gasteiger partial charge in [-0.2, -0.15) is 10.4 Å². The summed E-state index contributed by atoms with van der Waals surface area (Å²) in [6.45, 7) is 2.74. The fraction of sp³-hybridized carbons (Fsp3) is 0.286. The van der Waals surface area contributed by atoms with Gasteiger partial charge in [-0.25, -0.2) is 0 Å². The fourth-order valence-corrected chi connectivity index (χ4v) is 2.22. The number of hydrogen-bond donors (Lipinski definition) is 1. The van der Waals surface area contributed by atoms with Crippen LogP contribution in [0.1, 0.15) is 23.9 Å². The first-order chi connectivity index (χ1) is 9.13. The third kappa shape index (κ3) is 3.15. The summed E-state index contributed by atoms with van der Waals surface area (Å²) in [6.07, 6.45) is 0.926. The van der Waals surface area contributed by atoms with Gasteiger partial charge < -0.3 is 5.32 Å². The van der Waals surface area contributed by atoms with Gasteiger partial charge in [-0.1, -0.05) is 22.9 Å². The molecule has 1 aromatic heterocycles. The Hall–Kier alpha value is -1.80. The molecule has 1 heterocycles. The minimum atomic E-state index is 0.632. The zero-order valence-corrected chi connectivity index (χ0v) is 12.5. The molecule has 0 aliphatic heterocycles. The molecular formula is C14H15BrN4. The van der Waals surface area contributed by atoms with Gasteiger partial charge in [0.2, 0.25) is 0 Å². The normalized spacial score (nSPS) is 10.2. The second kappa shape index (κ2) is 5.89. The van der Waals surface area contributed by atoms with Crippen molar-refractivity contribution in [2.24, 2.45) is 7.05 Å². The summed E-state index contributed by atoms with van der Waals surface area (Å²) in [5.41, 5.74) is 3.65. The van der Waals surface area contributed by atoms with Crippen molar-refractivity contribution in [3.8, 4) is 6.07 Å². The van der Waals surface area contributed by atoms with Crippen LogP contribution in [0.15, 0.2) is 28.7 Å². The van der Waals surface area contributed by atoms with Crippen LogP contribution >= 0.6 is 15.9 Å². The molecule has 19 heavy (non-hydrogen) atoms. The number of aromatic nitrogens is 2. The molecule has 0 aliphatic rings. The smallest absolute Gasteiger partial charge is 0.101 e.